The van der Waals surface area contributed by atoms with Gasteiger partial charge < -0.3 is 0 Å². The van der Waals surface area contributed by atoms with E-state index in [0.717, 1.165) is 0 Å². The lowest BCUT2D eigenvalue weighted by molar-refractivity contribution is -0.116. The average molecular weight is 362 g/mol. The maximum absolute atomic E-state index is 12.5. The number of hydrogen-bond acceptors (Lipinski definition) is 2. The first kappa shape index (κ1) is 15.9. The van der Waals surface area contributed by atoms with Gasteiger partial charge in [-0.25, -0.2) is 0 Å². The lowest BCUT2D eigenvalue weighted by Gasteiger charge is -2.14. The predicted molar refractivity (Wildman–Crippen MR) is 70.4 cm³/mol. The van der Waals surface area contributed by atoms with Crippen molar-refractivity contribution in [3.8, 4) is 0 Å². The Hall–Kier alpha value is -0.200. The molecule has 18 heavy (non-hydrogen) atoms. The molecule has 7 heteroatoms. The quantitative estimate of drug-likeness (QED) is 0.565. The summed E-state index contributed by atoms with van der Waals surface area (Å²) in [6.07, 6.45) is -0.0806. The van der Waals surface area contributed by atoms with E-state index < -0.39 is 5.51 Å². The number of benzene rings is 1. The number of hydrogen-bond donors (Lipinski definition) is 0. The van der Waals surface area contributed by atoms with E-state index in [1.165, 1.54) is 6.07 Å². The van der Waals surface area contributed by atoms with E-state index in [1.54, 1.807) is 12.1 Å². The summed E-state index contributed by atoms with van der Waals surface area (Å²) in [5.41, 5.74) is -3.51. The van der Waals surface area contributed by atoms with E-state index in [0.29, 0.717) is 16.5 Å². The monoisotopic (exact) mass is 360 g/mol. The first-order chi connectivity index (χ1) is 8.37. The summed E-state index contributed by atoms with van der Waals surface area (Å²) in [4.78, 5) is 11.3. The van der Waals surface area contributed by atoms with Gasteiger partial charge in [0, 0.05) is 16.6 Å². The van der Waals surface area contributed by atoms with Crippen molar-refractivity contribution in [3.05, 3.63) is 29.3 Å². The zero-order chi connectivity index (χ0) is 13.8. The van der Waals surface area contributed by atoms with E-state index in [4.69, 9.17) is 11.6 Å². The third-order valence-electron chi connectivity index (χ3n) is 2.08. The Bertz CT molecular complexity index is 437. The second-order valence-corrected chi connectivity index (χ2v) is 5.34. The third-order valence-corrected chi connectivity index (χ3v) is 3.94. The average Bonchev–Trinajstić information content (AvgIpc) is 2.29. The summed E-state index contributed by atoms with van der Waals surface area (Å²) in [7, 11) is 0. The van der Waals surface area contributed by atoms with Crippen molar-refractivity contribution >= 4 is 45.1 Å². The Morgan fingerprint density at radius 2 is 1.94 bits per heavy atom. The van der Waals surface area contributed by atoms with E-state index in [9.17, 15) is 18.0 Å². The summed E-state index contributed by atoms with van der Waals surface area (Å²) in [6.45, 7) is 0. The van der Waals surface area contributed by atoms with Crippen molar-refractivity contribution in [2.45, 2.75) is 22.2 Å². The second-order valence-electron chi connectivity index (χ2n) is 3.44. The van der Waals surface area contributed by atoms with Crippen molar-refractivity contribution in [2.24, 2.45) is 0 Å². The molecule has 0 amide bonds. The highest BCUT2D eigenvalue weighted by atomic mass is 79.9. The largest absolute Gasteiger partial charge is 0.446 e. The van der Waals surface area contributed by atoms with Crippen LogP contribution >= 0.6 is 39.3 Å². The molecule has 1 rings (SSSR count). The van der Waals surface area contributed by atoms with E-state index in [1.807, 2.05) is 0 Å². The lowest BCUT2D eigenvalue weighted by Crippen LogP contribution is -2.08. The number of carbonyl (C=O) groups excluding carboxylic acids is 1. The third kappa shape index (κ3) is 4.82. The molecule has 0 radical (unpaired) electrons. The predicted octanol–water partition coefficient (Wildman–Crippen LogP) is 4.54. The highest BCUT2D eigenvalue weighted by Gasteiger charge is 2.31. The zero-order valence-electron chi connectivity index (χ0n) is 9.06. The Morgan fingerprint density at radius 3 is 2.44 bits per heavy atom. The molecule has 0 heterocycles. The van der Waals surface area contributed by atoms with Gasteiger partial charge in [-0.2, -0.15) is 13.2 Å². The van der Waals surface area contributed by atoms with E-state index in [2.05, 4.69) is 15.9 Å². The minimum atomic E-state index is -4.38. The molecule has 0 aromatic heterocycles. The minimum absolute atomic E-state index is 0.0806. The maximum Gasteiger partial charge on any atom is 0.446 e. The van der Waals surface area contributed by atoms with E-state index in [-0.39, 0.29) is 34.7 Å². The number of thioether (sulfide) groups is 1. The van der Waals surface area contributed by atoms with Gasteiger partial charge in [-0.1, -0.05) is 34.1 Å². The molecule has 0 spiro atoms. The van der Waals surface area contributed by atoms with Crippen molar-refractivity contribution < 1.29 is 18.0 Å². The number of alkyl halides is 5. The Balaban J connectivity index is 3.12. The van der Waals surface area contributed by atoms with E-state index >= 15 is 0 Å². The molecule has 0 saturated carbocycles. The van der Waals surface area contributed by atoms with Gasteiger partial charge in [-0.05, 0) is 22.9 Å². The van der Waals surface area contributed by atoms with Crippen LogP contribution in [0.1, 0.15) is 11.1 Å². The molecular formula is C11H9BrClF3OS. The number of carbonyl (C=O) groups is 1. The first-order valence-corrected chi connectivity index (χ1v) is 7.34. The van der Waals surface area contributed by atoms with Crippen LogP contribution in [0.15, 0.2) is 23.1 Å². The van der Waals surface area contributed by atoms with Gasteiger partial charge in [0.2, 0.25) is 0 Å². The molecule has 0 aliphatic heterocycles. The first-order valence-electron chi connectivity index (χ1n) is 4.87. The standard InChI is InChI=1S/C11H9BrClF3OS/c12-5-8-3-1-2-7(4-9(17)6-13)10(8)18-11(14,15)16/h1-3H,4-6H2. The molecule has 1 nitrogen and oxygen atoms in total. The smallest absolute Gasteiger partial charge is 0.298 e. The highest BCUT2D eigenvalue weighted by molar-refractivity contribution is 9.08. The highest BCUT2D eigenvalue weighted by Crippen LogP contribution is 2.41. The van der Waals surface area contributed by atoms with Crippen LogP contribution in [0.4, 0.5) is 13.2 Å². The van der Waals surface area contributed by atoms with Crippen molar-refractivity contribution in [1.29, 1.82) is 0 Å². The van der Waals surface area contributed by atoms with Gasteiger partial charge in [0.05, 0.1) is 5.88 Å². The van der Waals surface area contributed by atoms with Gasteiger partial charge in [0.25, 0.3) is 0 Å². The summed E-state index contributed by atoms with van der Waals surface area (Å²) in [5, 5.41) is 0.300. The molecule has 0 saturated heterocycles. The second kappa shape index (κ2) is 6.82. The number of rotatable bonds is 5. The normalized spacial score (nSPS) is 11.6. The zero-order valence-corrected chi connectivity index (χ0v) is 12.2. The van der Waals surface area contributed by atoms with Crippen LogP contribution in [0.2, 0.25) is 0 Å². The Kier molecular flexibility index (Phi) is 6.01. The van der Waals surface area contributed by atoms with Crippen LogP contribution in [-0.4, -0.2) is 17.2 Å². The summed E-state index contributed by atoms with van der Waals surface area (Å²) >= 11 is 8.32. The summed E-state index contributed by atoms with van der Waals surface area (Å²) in [5.74, 6) is -0.498. The fraction of sp³-hybridized carbons (Fsp3) is 0.364. The Labute approximate surface area is 120 Å². The molecule has 1 aromatic rings. The van der Waals surface area contributed by atoms with Gasteiger partial charge in [-0.3, -0.25) is 4.79 Å². The van der Waals surface area contributed by atoms with Crippen LogP contribution in [0.25, 0.3) is 0 Å². The van der Waals surface area contributed by atoms with Crippen LogP contribution < -0.4 is 0 Å². The molecule has 1 aromatic carbocycles. The molecule has 0 unspecified atom stereocenters. The van der Waals surface area contributed by atoms with Crippen molar-refractivity contribution in [2.75, 3.05) is 5.88 Å². The van der Waals surface area contributed by atoms with Crippen LogP contribution in [0, 0.1) is 0 Å². The van der Waals surface area contributed by atoms with Gasteiger partial charge in [-0.15, -0.1) is 11.6 Å². The topological polar surface area (TPSA) is 17.1 Å². The molecule has 0 fully saturated rings. The minimum Gasteiger partial charge on any atom is -0.298 e. The van der Waals surface area contributed by atoms with Crippen LogP contribution in [0.3, 0.4) is 0 Å². The maximum atomic E-state index is 12.5. The lowest BCUT2D eigenvalue weighted by atomic mass is 10.1. The van der Waals surface area contributed by atoms with Gasteiger partial charge >= 0.3 is 5.51 Å². The molecule has 100 valence electrons. The molecule has 0 aliphatic rings. The fourth-order valence-electron chi connectivity index (χ4n) is 1.39. The molecule has 0 bridgehead atoms. The van der Waals surface area contributed by atoms with Crippen LogP contribution in [0.5, 0.6) is 0 Å². The molecule has 0 aliphatic carbocycles. The van der Waals surface area contributed by atoms with Gasteiger partial charge in [0.1, 0.15) is 0 Å². The molecular weight excluding hydrogens is 353 g/mol. The fourth-order valence-corrected chi connectivity index (χ4v) is 2.91. The number of Topliss-reactive ketones (excluding diaryl/α,β-unsaturated/α-hetero) is 1. The molecule has 0 atom stereocenters. The van der Waals surface area contributed by atoms with Gasteiger partial charge in [0.15, 0.2) is 5.78 Å². The summed E-state index contributed by atoms with van der Waals surface area (Å²) in [6, 6.07) is 4.75. The number of halogens is 5. The van der Waals surface area contributed by atoms with Crippen molar-refractivity contribution in [1.82, 2.24) is 0 Å². The summed E-state index contributed by atoms with van der Waals surface area (Å²) < 4.78 is 37.5. The van der Waals surface area contributed by atoms with Crippen molar-refractivity contribution in [3.63, 3.8) is 0 Å². The van der Waals surface area contributed by atoms with Crippen LogP contribution in [-0.2, 0) is 16.5 Å². The molecule has 0 N–H and O–H groups in total. The number of ketones is 1. The SMILES string of the molecule is O=C(CCl)Cc1cccc(CBr)c1SC(F)(F)F. The Morgan fingerprint density at radius 1 is 1.33 bits per heavy atom.